The van der Waals surface area contributed by atoms with Gasteiger partial charge in [-0.2, -0.15) is 5.10 Å². The van der Waals surface area contributed by atoms with Gasteiger partial charge in [-0.25, -0.2) is 0 Å². The van der Waals surface area contributed by atoms with Gasteiger partial charge in [0.15, 0.2) is 17.3 Å². The molecule has 0 radical (unpaired) electrons. The highest BCUT2D eigenvalue weighted by Gasteiger charge is 2.34. The summed E-state index contributed by atoms with van der Waals surface area (Å²) in [6.45, 7) is 0.196. The Hall–Kier alpha value is -4.01. The largest absolute Gasteiger partial charge is 0.469 e. The minimum Gasteiger partial charge on any atom is -0.469 e. The van der Waals surface area contributed by atoms with Crippen LogP contribution >= 0.6 is 0 Å². The fourth-order valence-electron chi connectivity index (χ4n) is 3.66. The molecule has 2 aliphatic heterocycles. The molecule has 30 heavy (non-hydrogen) atoms. The van der Waals surface area contributed by atoms with Gasteiger partial charge in [0.2, 0.25) is 18.6 Å². The summed E-state index contributed by atoms with van der Waals surface area (Å²) < 4.78 is 17.7. The van der Waals surface area contributed by atoms with Gasteiger partial charge in [0, 0.05) is 19.5 Å². The smallest absolute Gasteiger partial charge is 0.249 e. The molecule has 5 rings (SSSR count). The Bertz CT molecular complexity index is 1160. The Morgan fingerprint density at radius 1 is 1.30 bits per heavy atom. The molecule has 1 unspecified atom stereocenters. The third-order valence-corrected chi connectivity index (χ3v) is 5.03. The quantitative estimate of drug-likeness (QED) is 0.645. The van der Waals surface area contributed by atoms with Crippen LogP contribution in [0.15, 0.2) is 47.1 Å². The Morgan fingerprint density at radius 3 is 3.00 bits per heavy atom. The Kier molecular flexibility index (Phi) is 4.27. The first-order valence-corrected chi connectivity index (χ1v) is 9.37. The molecule has 0 saturated carbocycles. The van der Waals surface area contributed by atoms with Gasteiger partial charge in [-0.05, 0) is 35.9 Å². The number of rotatable bonds is 4. The SMILES string of the molecule is Cn1nc(NC(=O)C=Cc2ccc3c(c2)OCO3)c2c1NC(=O)CC2c1ccco1. The van der Waals surface area contributed by atoms with Gasteiger partial charge < -0.3 is 24.5 Å². The molecule has 9 nitrogen and oxygen atoms in total. The second-order valence-corrected chi connectivity index (χ2v) is 6.99. The van der Waals surface area contributed by atoms with E-state index < -0.39 is 0 Å². The van der Waals surface area contributed by atoms with Crippen molar-refractivity contribution in [3.63, 3.8) is 0 Å². The monoisotopic (exact) mass is 406 g/mol. The highest BCUT2D eigenvalue weighted by Crippen LogP contribution is 2.41. The minimum absolute atomic E-state index is 0.132. The number of aryl methyl sites for hydroxylation is 1. The van der Waals surface area contributed by atoms with Crippen molar-refractivity contribution >= 4 is 29.5 Å². The molecular weight excluding hydrogens is 388 g/mol. The summed E-state index contributed by atoms with van der Waals surface area (Å²) in [5, 5.41) is 10.0. The standard InChI is InChI=1S/C21H18N4O5/c1-25-21-19(13(10-18(27)23-21)14-3-2-8-28-14)20(24-25)22-17(26)7-5-12-4-6-15-16(9-12)30-11-29-15/h2-9,13H,10-11H2,1H3,(H,23,27)(H,22,24,26). The van der Waals surface area contributed by atoms with E-state index in [-0.39, 0.29) is 30.9 Å². The zero-order chi connectivity index (χ0) is 20.7. The number of furan rings is 1. The highest BCUT2D eigenvalue weighted by molar-refractivity contribution is 6.03. The molecule has 152 valence electrons. The number of anilines is 2. The molecule has 1 aromatic carbocycles. The number of benzene rings is 1. The average Bonchev–Trinajstić information content (AvgIpc) is 3.47. The van der Waals surface area contributed by atoms with Crippen molar-refractivity contribution in [2.24, 2.45) is 7.05 Å². The molecule has 2 aromatic heterocycles. The predicted octanol–water partition coefficient (Wildman–Crippen LogP) is 2.87. The second-order valence-electron chi connectivity index (χ2n) is 6.99. The molecule has 2 amide bonds. The molecule has 0 aliphatic carbocycles. The van der Waals surface area contributed by atoms with Crippen LogP contribution in [0, 0.1) is 0 Å². The van der Waals surface area contributed by atoms with E-state index >= 15 is 0 Å². The molecule has 2 N–H and O–H groups in total. The van der Waals surface area contributed by atoms with Crippen LogP contribution in [0.3, 0.4) is 0 Å². The fourth-order valence-corrected chi connectivity index (χ4v) is 3.66. The van der Waals surface area contributed by atoms with Gasteiger partial charge in [0.1, 0.15) is 11.6 Å². The number of hydrogen-bond acceptors (Lipinski definition) is 6. The van der Waals surface area contributed by atoms with Crippen molar-refractivity contribution in [3.05, 3.63) is 59.6 Å². The lowest BCUT2D eigenvalue weighted by molar-refractivity contribution is -0.116. The van der Waals surface area contributed by atoms with E-state index in [1.807, 2.05) is 12.1 Å². The predicted molar refractivity (Wildman–Crippen MR) is 107 cm³/mol. The van der Waals surface area contributed by atoms with Gasteiger partial charge >= 0.3 is 0 Å². The summed E-state index contributed by atoms with van der Waals surface area (Å²) >= 11 is 0. The molecular formula is C21H18N4O5. The zero-order valence-corrected chi connectivity index (χ0v) is 16.0. The first kappa shape index (κ1) is 18.0. The molecule has 9 heteroatoms. The number of carbonyl (C=O) groups excluding carboxylic acids is 2. The van der Waals surface area contributed by atoms with Crippen LogP contribution < -0.4 is 20.1 Å². The first-order valence-electron chi connectivity index (χ1n) is 9.37. The van der Waals surface area contributed by atoms with Gasteiger partial charge in [-0.15, -0.1) is 0 Å². The van der Waals surface area contributed by atoms with E-state index in [2.05, 4.69) is 15.7 Å². The van der Waals surface area contributed by atoms with Crippen molar-refractivity contribution < 1.29 is 23.5 Å². The lowest BCUT2D eigenvalue weighted by Gasteiger charge is -2.22. The van der Waals surface area contributed by atoms with Crippen LogP contribution in [0.5, 0.6) is 11.5 Å². The lowest BCUT2D eigenvalue weighted by atomic mass is 9.91. The summed E-state index contributed by atoms with van der Waals surface area (Å²) in [4.78, 5) is 24.7. The molecule has 0 fully saturated rings. The third kappa shape index (κ3) is 3.20. The average molecular weight is 406 g/mol. The molecule has 0 saturated heterocycles. The van der Waals surface area contributed by atoms with Gasteiger partial charge in [-0.3, -0.25) is 14.3 Å². The van der Waals surface area contributed by atoms with E-state index in [9.17, 15) is 9.59 Å². The summed E-state index contributed by atoms with van der Waals surface area (Å²) in [5.74, 6) is 2.10. The number of aromatic nitrogens is 2. The van der Waals surface area contributed by atoms with Crippen LogP contribution in [0.25, 0.3) is 6.08 Å². The number of nitrogens with zero attached hydrogens (tertiary/aromatic N) is 2. The van der Waals surface area contributed by atoms with Crippen molar-refractivity contribution in [3.8, 4) is 11.5 Å². The number of carbonyl (C=O) groups is 2. The van der Waals surface area contributed by atoms with E-state index in [0.717, 1.165) is 11.1 Å². The van der Waals surface area contributed by atoms with Crippen molar-refractivity contribution in [1.82, 2.24) is 9.78 Å². The van der Waals surface area contributed by atoms with Crippen LogP contribution in [-0.4, -0.2) is 28.4 Å². The zero-order valence-electron chi connectivity index (χ0n) is 16.0. The number of amides is 2. The number of nitrogens with one attached hydrogen (secondary N) is 2. The first-order chi connectivity index (χ1) is 14.6. The summed E-state index contributed by atoms with van der Waals surface area (Å²) in [7, 11) is 1.71. The van der Waals surface area contributed by atoms with Crippen molar-refractivity contribution in [1.29, 1.82) is 0 Å². The number of ether oxygens (including phenoxy) is 2. The van der Waals surface area contributed by atoms with Crippen molar-refractivity contribution in [2.75, 3.05) is 17.4 Å². The summed E-state index contributed by atoms with van der Waals surface area (Å²) in [6, 6.07) is 9.01. The van der Waals surface area contributed by atoms with Gasteiger partial charge in [-0.1, -0.05) is 6.07 Å². The Balaban J connectivity index is 1.39. The topological polar surface area (TPSA) is 108 Å². The summed E-state index contributed by atoms with van der Waals surface area (Å²) in [6.07, 6.45) is 4.87. The molecule has 1 atom stereocenters. The van der Waals surface area contributed by atoms with Crippen LogP contribution in [0.1, 0.15) is 29.2 Å². The van der Waals surface area contributed by atoms with E-state index in [4.69, 9.17) is 13.9 Å². The number of hydrogen-bond donors (Lipinski definition) is 2. The molecule has 0 bridgehead atoms. The van der Waals surface area contributed by atoms with E-state index in [1.54, 1.807) is 42.3 Å². The highest BCUT2D eigenvalue weighted by atomic mass is 16.7. The minimum atomic E-state index is -0.344. The lowest BCUT2D eigenvalue weighted by Crippen LogP contribution is -2.24. The molecule has 0 spiro atoms. The maximum Gasteiger partial charge on any atom is 0.249 e. The van der Waals surface area contributed by atoms with Gasteiger partial charge in [0.05, 0.1) is 17.7 Å². The normalized spacial score (nSPS) is 17.1. The number of fused-ring (bicyclic) bond motifs is 2. The van der Waals surface area contributed by atoms with Crippen LogP contribution in [0.2, 0.25) is 0 Å². The van der Waals surface area contributed by atoms with Crippen molar-refractivity contribution in [2.45, 2.75) is 12.3 Å². The maximum absolute atomic E-state index is 12.6. The van der Waals surface area contributed by atoms with E-state index in [1.165, 1.54) is 6.08 Å². The Labute approximate surface area is 171 Å². The summed E-state index contributed by atoms with van der Waals surface area (Å²) in [5.41, 5.74) is 1.52. The molecule has 3 aromatic rings. The van der Waals surface area contributed by atoms with Crippen LogP contribution in [-0.2, 0) is 16.6 Å². The maximum atomic E-state index is 12.6. The van der Waals surface area contributed by atoms with E-state index in [0.29, 0.717) is 28.9 Å². The van der Waals surface area contributed by atoms with Crippen LogP contribution in [0.4, 0.5) is 11.6 Å². The van der Waals surface area contributed by atoms with Gasteiger partial charge in [0.25, 0.3) is 0 Å². The Morgan fingerprint density at radius 2 is 2.17 bits per heavy atom. The second kappa shape index (κ2) is 7.11. The fraction of sp³-hybridized carbons (Fsp3) is 0.190. The third-order valence-electron chi connectivity index (χ3n) is 5.03. The molecule has 2 aliphatic rings. The molecule has 4 heterocycles.